The Morgan fingerprint density at radius 2 is 1.75 bits per heavy atom. The fourth-order valence-corrected chi connectivity index (χ4v) is 4.06. The number of guanidine groups is 1. The van der Waals surface area contributed by atoms with Crippen molar-refractivity contribution in [1.82, 2.24) is 20.4 Å². The van der Waals surface area contributed by atoms with E-state index in [1.54, 1.807) is 7.05 Å². The summed E-state index contributed by atoms with van der Waals surface area (Å²) in [7, 11) is 3.99. The summed E-state index contributed by atoms with van der Waals surface area (Å²) in [6.07, 6.45) is 1.19. The number of likely N-dealkylation sites (N-methyl/N-ethyl adjacent to an activating group) is 1. The number of rotatable bonds is 6. The van der Waals surface area contributed by atoms with Crippen molar-refractivity contribution in [3.63, 3.8) is 0 Å². The Kier molecular flexibility index (Phi) is 7.85. The van der Waals surface area contributed by atoms with Gasteiger partial charge in [0, 0.05) is 33.2 Å². The third kappa shape index (κ3) is 6.37. The molecule has 7 heteroatoms. The van der Waals surface area contributed by atoms with Gasteiger partial charge in [0.15, 0.2) is 17.5 Å². The molecule has 2 heterocycles. The zero-order chi connectivity index (χ0) is 22.2. The third-order valence-corrected chi connectivity index (χ3v) is 5.99. The van der Waals surface area contributed by atoms with E-state index >= 15 is 0 Å². The van der Waals surface area contributed by atoms with Crippen molar-refractivity contribution in [2.24, 2.45) is 4.99 Å². The molecule has 0 aromatic heterocycles. The molecular weight excluding hydrogens is 402 g/mol. The summed E-state index contributed by atoms with van der Waals surface area (Å²) in [4.78, 5) is 9.30. The minimum Gasteiger partial charge on any atom is -0.486 e. The molecule has 7 nitrogen and oxygen atoms in total. The van der Waals surface area contributed by atoms with E-state index < -0.39 is 0 Å². The van der Waals surface area contributed by atoms with Crippen LogP contribution in [0, 0.1) is 0 Å². The molecule has 0 bridgehead atoms. The lowest BCUT2D eigenvalue weighted by atomic mass is 10.1. The lowest BCUT2D eigenvalue weighted by Gasteiger charge is -2.27. The molecule has 1 atom stereocenters. The van der Waals surface area contributed by atoms with Crippen LogP contribution in [0.5, 0.6) is 11.5 Å². The highest BCUT2D eigenvalue weighted by atomic mass is 16.6. The second-order valence-corrected chi connectivity index (χ2v) is 8.55. The highest BCUT2D eigenvalue weighted by Crippen LogP contribution is 2.30. The van der Waals surface area contributed by atoms with Crippen molar-refractivity contribution in [2.75, 3.05) is 53.4 Å². The van der Waals surface area contributed by atoms with Crippen molar-refractivity contribution in [3.05, 3.63) is 59.7 Å². The summed E-state index contributed by atoms with van der Waals surface area (Å²) in [6.45, 7) is 7.56. The molecule has 2 aliphatic heterocycles. The van der Waals surface area contributed by atoms with Crippen LogP contribution in [0.1, 0.15) is 17.5 Å². The molecular formula is C25H35N5O2. The average Bonchev–Trinajstić information content (AvgIpc) is 3.04. The molecule has 172 valence electrons. The summed E-state index contributed by atoms with van der Waals surface area (Å²) in [5.74, 6) is 2.35. The number of nitrogens with zero attached hydrogens (tertiary/aromatic N) is 3. The van der Waals surface area contributed by atoms with E-state index in [9.17, 15) is 0 Å². The molecule has 0 aliphatic carbocycles. The first-order valence-electron chi connectivity index (χ1n) is 11.5. The lowest BCUT2D eigenvalue weighted by molar-refractivity contribution is 0.0936. The second-order valence-electron chi connectivity index (χ2n) is 8.55. The van der Waals surface area contributed by atoms with Crippen LogP contribution in [0.3, 0.4) is 0 Å². The molecule has 1 unspecified atom stereocenters. The fraction of sp³-hybridized carbons (Fsp3) is 0.480. The van der Waals surface area contributed by atoms with Gasteiger partial charge in [-0.3, -0.25) is 9.89 Å². The number of para-hydroxylation sites is 2. The topological polar surface area (TPSA) is 61.4 Å². The molecule has 0 radical (unpaired) electrons. The van der Waals surface area contributed by atoms with Gasteiger partial charge in [-0.2, -0.15) is 0 Å². The number of ether oxygens (including phenoxy) is 2. The quantitative estimate of drug-likeness (QED) is 0.534. The molecule has 2 aliphatic rings. The SMILES string of the molecule is CN=C(NCc1ccc(CN2CCCN(C)CC2)cc1)NCC1COc2ccccc2O1. The van der Waals surface area contributed by atoms with Crippen LogP contribution in [0.4, 0.5) is 0 Å². The molecule has 4 rings (SSSR count). The number of benzene rings is 2. The van der Waals surface area contributed by atoms with Crippen LogP contribution in [0.15, 0.2) is 53.5 Å². The maximum Gasteiger partial charge on any atom is 0.191 e. The Bertz CT molecular complexity index is 886. The minimum atomic E-state index is -0.0542. The lowest BCUT2D eigenvalue weighted by Crippen LogP contribution is -2.45. The van der Waals surface area contributed by atoms with E-state index in [0.717, 1.165) is 43.6 Å². The third-order valence-electron chi connectivity index (χ3n) is 5.99. The number of hydrogen-bond acceptors (Lipinski definition) is 5. The molecule has 0 amide bonds. The average molecular weight is 438 g/mol. The van der Waals surface area contributed by atoms with Crippen LogP contribution in [0.2, 0.25) is 0 Å². The van der Waals surface area contributed by atoms with Gasteiger partial charge in [0.05, 0.1) is 6.54 Å². The van der Waals surface area contributed by atoms with Crippen LogP contribution in [0.25, 0.3) is 0 Å². The van der Waals surface area contributed by atoms with E-state index in [4.69, 9.17) is 9.47 Å². The fourth-order valence-electron chi connectivity index (χ4n) is 4.06. The summed E-state index contributed by atoms with van der Waals surface area (Å²) in [5.41, 5.74) is 2.61. The van der Waals surface area contributed by atoms with E-state index in [1.165, 1.54) is 30.6 Å². The normalized spacial score (nSPS) is 19.9. The van der Waals surface area contributed by atoms with Gasteiger partial charge in [0.1, 0.15) is 12.7 Å². The second kappa shape index (κ2) is 11.2. The molecule has 0 saturated carbocycles. The van der Waals surface area contributed by atoms with Gasteiger partial charge in [-0.25, -0.2) is 0 Å². The predicted molar refractivity (Wildman–Crippen MR) is 128 cm³/mol. The van der Waals surface area contributed by atoms with Crippen LogP contribution in [-0.2, 0) is 13.1 Å². The first kappa shape index (κ1) is 22.4. The smallest absolute Gasteiger partial charge is 0.191 e. The molecule has 2 N–H and O–H groups in total. The van der Waals surface area contributed by atoms with Gasteiger partial charge in [-0.15, -0.1) is 0 Å². The van der Waals surface area contributed by atoms with E-state index in [2.05, 4.69) is 56.7 Å². The standard InChI is InChI=1S/C25H35N5O2/c1-26-25(28-17-22-19-31-23-6-3-4-7-24(23)32-22)27-16-20-8-10-21(11-9-20)18-30-13-5-12-29(2)14-15-30/h3-4,6-11,22H,5,12-19H2,1-2H3,(H2,26,27,28). The first-order valence-corrected chi connectivity index (χ1v) is 11.5. The van der Waals surface area contributed by atoms with E-state index in [1.807, 2.05) is 24.3 Å². The minimum absolute atomic E-state index is 0.0542. The molecule has 1 fully saturated rings. The van der Waals surface area contributed by atoms with Crippen molar-refractivity contribution >= 4 is 5.96 Å². The van der Waals surface area contributed by atoms with Crippen molar-refractivity contribution in [2.45, 2.75) is 25.6 Å². The highest BCUT2D eigenvalue weighted by Gasteiger charge is 2.20. The van der Waals surface area contributed by atoms with E-state index in [0.29, 0.717) is 13.2 Å². The molecule has 2 aromatic rings. The van der Waals surface area contributed by atoms with Gasteiger partial charge in [-0.1, -0.05) is 36.4 Å². The first-order chi connectivity index (χ1) is 15.7. The Balaban J connectivity index is 1.20. The zero-order valence-electron chi connectivity index (χ0n) is 19.2. The van der Waals surface area contributed by atoms with Crippen molar-refractivity contribution in [1.29, 1.82) is 0 Å². The number of hydrogen-bond donors (Lipinski definition) is 2. The Hall–Kier alpha value is -2.77. The monoisotopic (exact) mass is 437 g/mol. The summed E-state index contributed by atoms with van der Waals surface area (Å²) in [5, 5.41) is 6.72. The zero-order valence-corrected chi connectivity index (χ0v) is 19.2. The Morgan fingerprint density at radius 1 is 0.969 bits per heavy atom. The molecule has 1 saturated heterocycles. The maximum absolute atomic E-state index is 6.00. The van der Waals surface area contributed by atoms with Gasteiger partial charge in [0.2, 0.25) is 0 Å². The van der Waals surface area contributed by atoms with Gasteiger partial charge >= 0.3 is 0 Å². The summed E-state index contributed by atoms with van der Waals surface area (Å²) in [6, 6.07) is 16.7. The highest BCUT2D eigenvalue weighted by molar-refractivity contribution is 5.79. The summed E-state index contributed by atoms with van der Waals surface area (Å²) >= 11 is 0. The maximum atomic E-state index is 6.00. The number of fused-ring (bicyclic) bond motifs is 1. The van der Waals surface area contributed by atoms with Crippen molar-refractivity contribution < 1.29 is 9.47 Å². The van der Waals surface area contributed by atoms with Gasteiger partial charge in [0.25, 0.3) is 0 Å². The van der Waals surface area contributed by atoms with Gasteiger partial charge in [-0.05, 0) is 49.8 Å². The number of aliphatic imine (C=N–C) groups is 1. The summed E-state index contributed by atoms with van der Waals surface area (Å²) < 4.78 is 11.8. The number of nitrogens with one attached hydrogen (secondary N) is 2. The van der Waals surface area contributed by atoms with E-state index in [-0.39, 0.29) is 6.10 Å². The largest absolute Gasteiger partial charge is 0.486 e. The predicted octanol–water partition coefficient (Wildman–Crippen LogP) is 2.33. The molecule has 2 aromatic carbocycles. The Morgan fingerprint density at radius 3 is 2.56 bits per heavy atom. The van der Waals surface area contributed by atoms with Gasteiger partial charge < -0.3 is 25.0 Å². The molecule has 0 spiro atoms. The molecule has 32 heavy (non-hydrogen) atoms. The van der Waals surface area contributed by atoms with Crippen LogP contribution < -0.4 is 20.1 Å². The van der Waals surface area contributed by atoms with Crippen LogP contribution in [-0.4, -0.2) is 75.3 Å². The van der Waals surface area contributed by atoms with Crippen molar-refractivity contribution in [3.8, 4) is 11.5 Å². The van der Waals surface area contributed by atoms with Crippen LogP contribution >= 0.6 is 0 Å². The Labute approximate surface area is 191 Å².